The molecule has 2 aromatic carbocycles. The molecular weight excluding hydrogens is 295 g/mol. The maximum atomic E-state index is 13.9. The van der Waals surface area contributed by atoms with E-state index in [1.165, 1.54) is 11.6 Å². The van der Waals surface area contributed by atoms with Gasteiger partial charge in [0.1, 0.15) is 5.82 Å². The van der Waals surface area contributed by atoms with Gasteiger partial charge in [0, 0.05) is 26.7 Å². The average Bonchev–Trinajstić information content (AvgIpc) is 2.55. The molecule has 0 aliphatic heterocycles. The number of rotatable bonds is 8. The first-order valence-electron chi connectivity index (χ1n) is 7.52. The van der Waals surface area contributed by atoms with Gasteiger partial charge in [-0.2, -0.15) is 0 Å². The van der Waals surface area contributed by atoms with E-state index in [-0.39, 0.29) is 18.8 Å². The van der Waals surface area contributed by atoms with Gasteiger partial charge in [-0.1, -0.05) is 36.4 Å². The Bertz CT molecular complexity index is 647. The molecule has 122 valence electrons. The highest BCUT2D eigenvalue weighted by molar-refractivity contribution is 5.67. The highest BCUT2D eigenvalue weighted by Crippen LogP contribution is 2.20. The van der Waals surface area contributed by atoms with Crippen LogP contribution in [0.3, 0.4) is 0 Å². The molecule has 4 nitrogen and oxygen atoms in total. The average molecular weight is 316 g/mol. The molecular formula is C18H21FN2O2. The van der Waals surface area contributed by atoms with Crippen molar-refractivity contribution in [2.24, 2.45) is 0 Å². The van der Waals surface area contributed by atoms with E-state index in [4.69, 9.17) is 5.11 Å². The molecule has 0 fully saturated rings. The zero-order chi connectivity index (χ0) is 16.7. The minimum atomic E-state index is -0.891. The third-order valence-corrected chi connectivity index (χ3v) is 3.58. The largest absolute Gasteiger partial charge is 0.481 e. The minimum absolute atomic E-state index is 0.0214. The molecule has 0 aromatic heterocycles. The third-order valence-electron chi connectivity index (χ3n) is 3.58. The van der Waals surface area contributed by atoms with Gasteiger partial charge in [-0.05, 0) is 23.3 Å². The number of carboxylic acid groups (broad SMARTS) is 1. The molecule has 2 rings (SSSR count). The van der Waals surface area contributed by atoms with Crippen LogP contribution in [0.25, 0.3) is 0 Å². The Labute approximate surface area is 135 Å². The van der Waals surface area contributed by atoms with Crippen LogP contribution in [0.4, 0.5) is 10.1 Å². The predicted molar refractivity (Wildman–Crippen MR) is 88.9 cm³/mol. The summed E-state index contributed by atoms with van der Waals surface area (Å²) < 4.78 is 13.9. The van der Waals surface area contributed by atoms with Crippen molar-refractivity contribution < 1.29 is 14.3 Å². The number of halogens is 1. The summed E-state index contributed by atoms with van der Waals surface area (Å²) in [6.45, 7) is 1.63. The number of aliphatic carboxylic acids is 1. The molecule has 5 heteroatoms. The molecule has 0 spiro atoms. The zero-order valence-electron chi connectivity index (χ0n) is 13.1. The molecule has 0 amide bonds. The summed E-state index contributed by atoms with van der Waals surface area (Å²) in [5.74, 6) is -1.23. The van der Waals surface area contributed by atoms with E-state index in [2.05, 4.69) is 5.32 Å². The van der Waals surface area contributed by atoms with E-state index in [1.807, 2.05) is 30.3 Å². The number of benzene rings is 2. The third kappa shape index (κ3) is 5.38. The van der Waals surface area contributed by atoms with Crippen molar-refractivity contribution in [1.82, 2.24) is 5.32 Å². The normalized spacial score (nSPS) is 10.5. The first-order valence-corrected chi connectivity index (χ1v) is 7.52. The first kappa shape index (κ1) is 17.0. The number of hydrogen-bond acceptors (Lipinski definition) is 3. The van der Waals surface area contributed by atoms with E-state index >= 15 is 0 Å². The van der Waals surface area contributed by atoms with Gasteiger partial charge in [-0.25, -0.2) is 4.39 Å². The zero-order valence-corrected chi connectivity index (χ0v) is 13.1. The fraction of sp³-hybridized carbons (Fsp3) is 0.278. The van der Waals surface area contributed by atoms with Crippen LogP contribution < -0.4 is 10.2 Å². The second-order valence-corrected chi connectivity index (χ2v) is 5.44. The highest BCUT2D eigenvalue weighted by Gasteiger charge is 2.10. The van der Waals surface area contributed by atoms with Crippen molar-refractivity contribution in [1.29, 1.82) is 0 Å². The van der Waals surface area contributed by atoms with Gasteiger partial charge >= 0.3 is 5.97 Å². The van der Waals surface area contributed by atoms with E-state index < -0.39 is 5.97 Å². The SMILES string of the molecule is CN(CCC(=O)O)c1cc(CNCc2ccccc2)ccc1F. The monoisotopic (exact) mass is 316 g/mol. The number of nitrogens with one attached hydrogen (secondary N) is 1. The summed E-state index contributed by atoms with van der Waals surface area (Å²) in [7, 11) is 1.70. The fourth-order valence-corrected chi connectivity index (χ4v) is 2.29. The Hall–Kier alpha value is -2.40. The van der Waals surface area contributed by atoms with Crippen molar-refractivity contribution in [3.63, 3.8) is 0 Å². The fourth-order valence-electron chi connectivity index (χ4n) is 2.29. The molecule has 0 saturated carbocycles. The number of nitrogens with zero attached hydrogens (tertiary/aromatic N) is 1. The predicted octanol–water partition coefficient (Wildman–Crippen LogP) is 3.03. The second-order valence-electron chi connectivity index (χ2n) is 5.44. The first-order chi connectivity index (χ1) is 11.1. The van der Waals surface area contributed by atoms with Crippen LogP contribution in [0.5, 0.6) is 0 Å². The molecule has 0 radical (unpaired) electrons. The molecule has 0 aliphatic rings. The lowest BCUT2D eigenvalue weighted by atomic mass is 10.1. The maximum absolute atomic E-state index is 13.9. The summed E-state index contributed by atoms with van der Waals surface area (Å²) in [6, 6.07) is 15.0. The maximum Gasteiger partial charge on any atom is 0.305 e. The number of carboxylic acids is 1. The Morgan fingerprint density at radius 3 is 2.52 bits per heavy atom. The number of anilines is 1. The van der Waals surface area contributed by atoms with Gasteiger partial charge in [-0.15, -0.1) is 0 Å². The van der Waals surface area contributed by atoms with Crippen LogP contribution in [0, 0.1) is 5.82 Å². The van der Waals surface area contributed by atoms with Crippen LogP contribution in [0.2, 0.25) is 0 Å². The number of hydrogen-bond donors (Lipinski definition) is 2. The molecule has 2 aromatic rings. The van der Waals surface area contributed by atoms with Gasteiger partial charge < -0.3 is 15.3 Å². The molecule has 0 bridgehead atoms. The van der Waals surface area contributed by atoms with Crippen LogP contribution in [-0.4, -0.2) is 24.7 Å². The van der Waals surface area contributed by atoms with Crippen molar-refractivity contribution in [3.8, 4) is 0 Å². The summed E-state index contributed by atoms with van der Waals surface area (Å²) in [5, 5.41) is 12.0. The van der Waals surface area contributed by atoms with Crippen molar-refractivity contribution >= 4 is 11.7 Å². The molecule has 0 aliphatic carbocycles. The summed E-state index contributed by atoms with van der Waals surface area (Å²) in [4.78, 5) is 12.3. The summed E-state index contributed by atoms with van der Waals surface area (Å²) >= 11 is 0. The smallest absolute Gasteiger partial charge is 0.305 e. The molecule has 0 atom stereocenters. The molecule has 23 heavy (non-hydrogen) atoms. The Kier molecular flexibility index (Phi) is 6.11. The van der Waals surface area contributed by atoms with Gasteiger partial charge in [0.25, 0.3) is 0 Å². The lowest BCUT2D eigenvalue weighted by Gasteiger charge is -2.20. The standard InChI is InChI=1S/C18H21FN2O2/c1-21(10-9-18(22)23)17-11-15(7-8-16(17)19)13-20-12-14-5-3-2-4-6-14/h2-8,11,20H,9-10,12-13H2,1H3,(H,22,23). The van der Waals surface area contributed by atoms with Gasteiger partial charge in [0.05, 0.1) is 12.1 Å². The Balaban J connectivity index is 1.95. The van der Waals surface area contributed by atoms with Gasteiger partial charge in [-0.3, -0.25) is 4.79 Å². The molecule has 2 N–H and O–H groups in total. The van der Waals surface area contributed by atoms with Crippen LogP contribution in [0.15, 0.2) is 48.5 Å². The molecule has 0 unspecified atom stereocenters. The van der Waals surface area contributed by atoms with Crippen LogP contribution in [0.1, 0.15) is 17.5 Å². The lowest BCUT2D eigenvalue weighted by molar-refractivity contribution is -0.136. The van der Waals surface area contributed by atoms with E-state index in [0.717, 1.165) is 12.1 Å². The van der Waals surface area contributed by atoms with Crippen molar-refractivity contribution in [2.45, 2.75) is 19.5 Å². The van der Waals surface area contributed by atoms with Crippen molar-refractivity contribution in [3.05, 3.63) is 65.5 Å². The topological polar surface area (TPSA) is 52.6 Å². The Morgan fingerprint density at radius 2 is 1.83 bits per heavy atom. The van der Waals surface area contributed by atoms with Gasteiger partial charge in [0.2, 0.25) is 0 Å². The minimum Gasteiger partial charge on any atom is -0.481 e. The van der Waals surface area contributed by atoms with Gasteiger partial charge in [0.15, 0.2) is 0 Å². The molecule has 0 saturated heterocycles. The quantitative estimate of drug-likeness (QED) is 0.786. The van der Waals surface area contributed by atoms with E-state index in [1.54, 1.807) is 24.1 Å². The summed E-state index contributed by atoms with van der Waals surface area (Å²) in [6.07, 6.45) is -0.0214. The second kappa shape index (κ2) is 8.29. The Morgan fingerprint density at radius 1 is 1.13 bits per heavy atom. The van der Waals surface area contributed by atoms with E-state index in [0.29, 0.717) is 12.2 Å². The summed E-state index contributed by atoms with van der Waals surface area (Å²) in [5.41, 5.74) is 2.57. The van der Waals surface area contributed by atoms with Crippen LogP contribution >= 0.6 is 0 Å². The van der Waals surface area contributed by atoms with Crippen molar-refractivity contribution in [2.75, 3.05) is 18.5 Å². The lowest BCUT2D eigenvalue weighted by Crippen LogP contribution is -2.22. The highest BCUT2D eigenvalue weighted by atomic mass is 19.1. The number of carbonyl (C=O) groups is 1. The molecule has 0 heterocycles. The van der Waals surface area contributed by atoms with E-state index in [9.17, 15) is 9.18 Å². The van der Waals surface area contributed by atoms with Crippen LogP contribution in [-0.2, 0) is 17.9 Å².